The minimum Gasteiger partial charge on any atom is -0.367 e. The van der Waals surface area contributed by atoms with Crippen molar-refractivity contribution >= 4 is 5.82 Å². The molecule has 0 aliphatic rings. The average molecular weight is 244 g/mol. The number of pyridine rings is 1. The van der Waals surface area contributed by atoms with Crippen molar-refractivity contribution in [3.63, 3.8) is 0 Å². The Morgan fingerprint density at radius 3 is 2.50 bits per heavy atom. The molecule has 1 heterocycles. The van der Waals surface area contributed by atoms with Gasteiger partial charge < -0.3 is 5.32 Å². The number of rotatable bonds is 4. The van der Waals surface area contributed by atoms with Crippen molar-refractivity contribution in [3.8, 4) is 0 Å². The Hall–Kier alpha value is -1.90. The highest BCUT2D eigenvalue weighted by Crippen LogP contribution is 2.10. The normalized spacial score (nSPS) is 12.2. The summed E-state index contributed by atoms with van der Waals surface area (Å²) in [5.41, 5.74) is 2.26. The quantitative estimate of drug-likeness (QED) is 0.889. The summed E-state index contributed by atoms with van der Waals surface area (Å²) in [6.45, 7) is 4.10. The van der Waals surface area contributed by atoms with Gasteiger partial charge >= 0.3 is 0 Å². The molecule has 1 unspecified atom stereocenters. The molecule has 1 aromatic heterocycles. The largest absolute Gasteiger partial charge is 0.367 e. The zero-order valence-corrected chi connectivity index (χ0v) is 10.7. The highest BCUT2D eigenvalue weighted by atomic mass is 19.1. The van der Waals surface area contributed by atoms with Crippen molar-refractivity contribution in [3.05, 3.63) is 59.5 Å². The Morgan fingerprint density at radius 2 is 1.89 bits per heavy atom. The number of hydrogen-bond donors (Lipinski definition) is 1. The first kappa shape index (κ1) is 12.6. The summed E-state index contributed by atoms with van der Waals surface area (Å²) < 4.78 is 12.8. The van der Waals surface area contributed by atoms with Gasteiger partial charge in [0, 0.05) is 12.2 Å². The number of benzene rings is 1. The average Bonchev–Trinajstić information content (AvgIpc) is 2.35. The van der Waals surface area contributed by atoms with E-state index in [2.05, 4.69) is 17.2 Å². The molecule has 0 aliphatic carbocycles. The minimum absolute atomic E-state index is 0.195. The number of aryl methyl sites for hydroxylation is 1. The van der Waals surface area contributed by atoms with E-state index in [-0.39, 0.29) is 11.9 Å². The Kier molecular flexibility index (Phi) is 3.92. The second-order valence-corrected chi connectivity index (χ2v) is 4.60. The third kappa shape index (κ3) is 3.55. The van der Waals surface area contributed by atoms with Gasteiger partial charge in [0.1, 0.15) is 11.6 Å². The topological polar surface area (TPSA) is 24.9 Å². The summed E-state index contributed by atoms with van der Waals surface area (Å²) in [4.78, 5) is 4.30. The SMILES string of the molecule is Cc1ccc(NC(C)Cc2ccc(F)cc2)nc1. The van der Waals surface area contributed by atoms with E-state index < -0.39 is 0 Å². The lowest BCUT2D eigenvalue weighted by atomic mass is 10.1. The number of nitrogens with one attached hydrogen (secondary N) is 1. The number of halogens is 1. The molecule has 0 bridgehead atoms. The molecule has 2 nitrogen and oxygen atoms in total. The maximum absolute atomic E-state index is 12.8. The lowest BCUT2D eigenvalue weighted by Crippen LogP contribution is -2.18. The van der Waals surface area contributed by atoms with Crippen LogP contribution < -0.4 is 5.32 Å². The van der Waals surface area contributed by atoms with Crippen LogP contribution in [0.3, 0.4) is 0 Å². The highest BCUT2D eigenvalue weighted by Gasteiger charge is 2.04. The maximum Gasteiger partial charge on any atom is 0.126 e. The van der Waals surface area contributed by atoms with E-state index >= 15 is 0 Å². The fourth-order valence-corrected chi connectivity index (χ4v) is 1.83. The summed E-state index contributed by atoms with van der Waals surface area (Å²) in [6.07, 6.45) is 2.68. The number of anilines is 1. The van der Waals surface area contributed by atoms with Gasteiger partial charge in [-0.1, -0.05) is 18.2 Å². The predicted octanol–water partition coefficient (Wildman–Crippen LogP) is 3.57. The number of hydrogen-bond acceptors (Lipinski definition) is 2. The number of nitrogens with zero attached hydrogens (tertiary/aromatic N) is 1. The first-order valence-corrected chi connectivity index (χ1v) is 6.07. The molecule has 0 spiro atoms. The smallest absolute Gasteiger partial charge is 0.126 e. The zero-order valence-electron chi connectivity index (χ0n) is 10.7. The van der Waals surface area contributed by atoms with Crippen LogP contribution in [0.15, 0.2) is 42.6 Å². The molecule has 0 saturated heterocycles. The fourth-order valence-electron chi connectivity index (χ4n) is 1.83. The summed E-state index contributed by atoms with van der Waals surface area (Å²) >= 11 is 0. The molecule has 3 heteroatoms. The van der Waals surface area contributed by atoms with E-state index in [1.165, 1.54) is 12.1 Å². The van der Waals surface area contributed by atoms with Crippen LogP contribution >= 0.6 is 0 Å². The Morgan fingerprint density at radius 1 is 1.17 bits per heavy atom. The van der Waals surface area contributed by atoms with Crippen molar-refractivity contribution < 1.29 is 4.39 Å². The van der Waals surface area contributed by atoms with Crippen LogP contribution in [-0.2, 0) is 6.42 Å². The summed E-state index contributed by atoms with van der Waals surface area (Å²) in [5, 5.41) is 3.33. The van der Waals surface area contributed by atoms with Crippen LogP contribution in [0.1, 0.15) is 18.1 Å². The van der Waals surface area contributed by atoms with E-state index in [1.807, 2.05) is 37.4 Å². The second-order valence-electron chi connectivity index (χ2n) is 4.60. The molecule has 2 rings (SSSR count). The molecule has 94 valence electrons. The van der Waals surface area contributed by atoms with Crippen LogP contribution in [0.2, 0.25) is 0 Å². The van der Waals surface area contributed by atoms with Gasteiger partial charge in [0.15, 0.2) is 0 Å². The molecule has 0 aliphatic heterocycles. The molecule has 1 aromatic carbocycles. The van der Waals surface area contributed by atoms with Crippen LogP contribution in [0.5, 0.6) is 0 Å². The van der Waals surface area contributed by atoms with Crippen molar-refractivity contribution in [2.45, 2.75) is 26.3 Å². The second kappa shape index (κ2) is 5.63. The van der Waals surface area contributed by atoms with E-state index in [1.54, 1.807) is 0 Å². The lowest BCUT2D eigenvalue weighted by molar-refractivity contribution is 0.626. The van der Waals surface area contributed by atoms with Crippen molar-refractivity contribution in [2.24, 2.45) is 0 Å². The monoisotopic (exact) mass is 244 g/mol. The van der Waals surface area contributed by atoms with E-state index in [9.17, 15) is 4.39 Å². The Bertz CT molecular complexity index is 443. The third-order valence-corrected chi connectivity index (χ3v) is 2.76. The molecular formula is C15H17FN2. The van der Waals surface area contributed by atoms with Gasteiger partial charge in [0.05, 0.1) is 0 Å². The van der Waals surface area contributed by atoms with Gasteiger partial charge in [-0.15, -0.1) is 0 Å². The summed E-state index contributed by atoms with van der Waals surface area (Å²) in [7, 11) is 0. The van der Waals surface area contributed by atoms with Gasteiger partial charge in [0.25, 0.3) is 0 Å². The van der Waals surface area contributed by atoms with Gasteiger partial charge in [-0.25, -0.2) is 9.37 Å². The maximum atomic E-state index is 12.8. The molecule has 0 saturated carbocycles. The Labute approximate surface area is 107 Å². The first-order chi connectivity index (χ1) is 8.63. The molecule has 0 radical (unpaired) electrons. The first-order valence-electron chi connectivity index (χ1n) is 6.07. The van der Waals surface area contributed by atoms with Crippen LogP contribution in [0.4, 0.5) is 10.2 Å². The summed E-state index contributed by atoms with van der Waals surface area (Å²) in [6, 6.07) is 10.9. The van der Waals surface area contributed by atoms with Gasteiger partial charge in [-0.3, -0.25) is 0 Å². The van der Waals surface area contributed by atoms with E-state index in [0.717, 1.165) is 23.4 Å². The molecular weight excluding hydrogens is 227 g/mol. The van der Waals surface area contributed by atoms with Crippen LogP contribution in [0, 0.1) is 12.7 Å². The number of aromatic nitrogens is 1. The van der Waals surface area contributed by atoms with E-state index in [0.29, 0.717) is 0 Å². The third-order valence-electron chi connectivity index (χ3n) is 2.76. The standard InChI is InChI=1S/C15H17FN2/c1-11-3-8-15(17-10-11)18-12(2)9-13-4-6-14(16)7-5-13/h3-8,10,12H,9H2,1-2H3,(H,17,18). The van der Waals surface area contributed by atoms with Gasteiger partial charge in [-0.05, 0) is 49.6 Å². The zero-order chi connectivity index (χ0) is 13.0. The lowest BCUT2D eigenvalue weighted by Gasteiger charge is -2.14. The molecule has 1 N–H and O–H groups in total. The molecule has 2 aromatic rings. The fraction of sp³-hybridized carbons (Fsp3) is 0.267. The van der Waals surface area contributed by atoms with Crippen molar-refractivity contribution in [1.29, 1.82) is 0 Å². The molecule has 0 amide bonds. The highest BCUT2D eigenvalue weighted by molar-refractivity contribution is 5.36. The Balaban J connectivity index is 1.94. The summed E-state index contributed by atoms with van der Waals surface area (Å²) in [5.74, 6) is 0.676. The minimum atomic E-state index is -0.195. The van der Waals surface area contributed by atoms with Crippen LogP contribution in [-0.4, -0.2) is 11.0 Å². The van der Waals surface area contributed by atoms with Crippen molar-refractivity contribution in [2.75, 3.05) is 5.32 Å². The van der Waals surface area contributed by atoms with Crippen molar-refractivity contribution in [1.82, 2.24) is 4.98 Å². The molecule has 0 fully saturated rings. The molecule has 1 atom stereocenters. The van der Waals surface area contributed by atoms with Gasteiger partial charge in [-0.2, -0.15) is 0 Å². The van der Waals surface area contributed by atoms with Gasteiger partial charge in [0.2, 0.25) is 0 Å². The van der Waals surface area contributed by atoms with Crippen LogP contribution in [0.25, 0.3) is 0 Å². The molecule has 18 heavy (non-hydrogen) atoms. The van der Waals surface area contributed by atoms with E-state index in [4.69, 9.17) is 0 Å². The predicted molar refractivity (Wildman–Crippen MR) is 72.2 cm³/mol.